The van der Waals surface area contributed by atoms with E-state index in [0.717, 1.165) is 29.0 Å². The third-order valence-corrected chi connectivity index (χ3v) is 4.68. The van der Waals surface area contributed by atoms with Crippen LogP contribution in [-0.2, 0) is 11.2 Å². The van der Waals surface area contributed by atoms with E-state index in [-0.39, 0.29) is 30.1 Å². The van der Waals surface area contributed by atoms with Crippen molar-refractivity contribution in [2.45, 2.75) is 13.3 Å². The van der Waals surface area contributed by atoms with Gasteiger partial charge >= 0.3 is 5.97 Å². The Kier molecular flexibility index (Phi) is 6.43. The number of aromatic amines is 1. The van der Waals surface area contributed by atoms with E-state index in [0.29, 0.717) is 5.56 Å². The second kappa shape index (κ2) is 9.19. The van der Waals surface area contributed by atoms with Crippen LogP contribution in [0.3, 0.4) is 0 Å². The monoisotopic (exact) mass is 411 g/mol. The maximum absolute atomic E-state index is 12.6. The number of nitro benzene ring substituents is 1. The van der Waals surface area contributed by atoms with Gasteiger partial charge in [-0.2, -0.15) is 0 Å². The number of nitro groups is 1. The molecule has 1 heterocycles. The van der Waals surface area contributed by atoms with Gasteiger partial charge in [0.15, 0.2) is 6.61 Å². The van der Waals surface area contributed by atoms with Crippen molar-refractivity contribution in [3.05, 3.63) is 69.4 Å². The number of rotatable bonds is 9. The van der Waals surface area contributed by atoms with Gasteiger partial charge < -0.3 is 20.1 Å². The molecule has 2 aromatic carbocycles. The molecule has 9 nitrogen and oxygen atoms in total. The molecule has 1 aromatic heterocycles. The number of hydrogen-bond acceptors (Lipinski definition) is 7. The predicted octanol–water partition coefficient (Wildman–Crippen LogP) is 3.08. The summed E-state index contributed by atoms with van der Waals surface area (Å²) >= 11 is 0. The Morgan fingerprint density at radius 2 is 2.03 bits per heavy atom. The molecule has 0 bridgehead atoms. The number of benzene rings is 2. The molecule has 156 valence electrons. The number of nitrogens with one attached hydrogen (secondary N) is 2. The van der Waals surface area contributed by atoms with Gasteiger partial charge in [-0.15, -0.1) is 0 Å². The minimum atomic E-state index is -0.874. The van der Waals surface area contributed by atoms with Crippen molar-refractivity contribution in [3.63, 3.8) is 0 Å². The number of esters is 1. The Labute approximate surface area is 171 Å². The smallest absolute Gasteiger partial charge is 0.340 e. The summed E-state index contributed by atoms with van der Waals surface area (Å²) in [6.07, 6.45) is 2.39. The highest BCUT2D eigenvalue weighted by Crippen LogP contribution is 2.25. The van der Waals surface area contributed by atoms with Crippen molar-refractivity contribution in [2.75, 3.05) is 25.1 Å². The van der Waals surface area contributed by atoms with Crippen LogP contribution in [0.2, 0.25) is 0 Å². The van der Waals surface area contributed by atoms with Gasteiger partial charge in [0.1, 0.15) is 0 Å². The first kappa shape index (κ1) is 21.0. The number of para-hydroxylation sites is 1. The number of hydrogen-bond donors (Lipinski definition) is 3. The minimum Gasteiger partial charge on any atom is -0.454 e. The average Bonchev–Trinajstić information content (AvgIpc) is 3.20. The van der Waals surface area contributed by atoms with Crippen LogP contribution in [0, 0.1) is 10.1 Å². The molecule has 3 N–H and O–H groups in total. The molecule has 0 spiro atoms. The second-order valence-electron chi connectivity index (χ2n) is 6.53. The lowest BCUT2D eigenvalue weighted by molar-refractivity contribution is -0.384. The summed E-state index contributed by atoms with van der Waals surface area (Å²) in [4.78, 5) is 38.7. The Morgan fingerprint density at radius 3 is 2.73 bits per heavy atom. The lowest BCUT2D eigenvalue weighted by Crippen LogP contribution is -2.16. The molecule has 0 aliphatic carbocycles. The summed E-state index contributed by atoms with van der Waals surface area (Å²) in [6, 6.07) is 9.32. The van der Waals surface area contributed by atoms with Crippen LogP contribution in [0.4, 0.5) is 11.4 Å². The van der Waals surface area contributed by atoms with Crippen LogP contribution < -0.4 is 5.32 Å². The zero-order chi connectivity index (χ0) is 21.7. The van der Waals surface area contributed by atoms with Crippen LogP contribution in [0.5, 0.6) is 0 Å². The molecule has 0 aliphatic heterocycles. The molecular formula is C21H21N3O6. The number of carbonyl (C=O) groups excluding carboxylic acids is 2. The van der Waals surface area contributed by atoms with E-state index in [1.54, 1.807) is 6.20 Å². The lowest BCUT2D eigenvalue weighted by atomic mass is 10.1. The van der Waals surface area contributed by atoms with E-state index in [2.05, 4.69) is 10.3 Å². The highest BCUT2D eigenvalue weighted by molar-refractivity contribution is 6.10. The largest absolute Gasteiger partial charge is 0.454 e. The van der Waals surface area contributed by atoms with E-state index in [9.17, 15) is 19.7 Å². The number of aryl methyl sites for hydroxylation is 1. The van der Waals surface area contributed by atoms with Gasteiger partial charge in [0.05, 0.1) is 17.1 Å². The van der Waals surface area contributed by atoms with Crippen LogP contribution in [0.25, 0.3) is 10.9 Å². The molecule has 0 saturated heterocycles. The summed E-state index contributed by atoms with van der Waals surface area (Å²) in [5.41, 5.74) is 2.24. The maximum atomic E-state index is 12.6. The zero-order valence-electron chi connectivity index (χ0n) is 16.3. The van der Waals surface area contributed by atoms with Gasteiger partial charge in [0.25, 0.3) is 5.69 Å². The fourth-order valence-corrected chi connectivity index (χ4v) is 3.19. The third-order valence-electron chi connectivity index (χ3n) is 4.68. The SMILES string of the molecule is CCc1cccc2c(C(=O)COC(=O)c3cc([N+](=O)[O-])ccc3NCCO)c[nH]c12. The number of Topliss-reactive ketones (excluding diaryl/α,β-unsaturated/α-hetero) is 1. The van der Waals surface area contributed by atoms with E-state index in [4.69, 9.17) is 9.84 Å². The Hall–Kier alpha value is -3.72. The Balaban J connectivity index is 1.79. The van der Waals surface area contributed by atoms with Crippen molar-refractivity contribution in [3.8, 4) is 0 Å². The molecular weight excluding hydrogens is 390 g/mol. The standard InChI is InChI=1S/C21H21N3O6/c1-2-13-4-3-5-15-17(11-23-20(13)15)19(26)12-30-21(27)16-10-14(24(28)29)6-7-18(16)22-8-9-25/h3-7,10-11,22-23,25H,2,8-9,12H2,1H3. The topological polar surface area (TPSA) is 135 Å². The number of anilines is 1. The Bertz CT molecular complexity index is 1110. The number of carbonyl (C=O) groups is 2. The second-order valence-corrected chi connectivity index (χ2v) is 6.53. The van der Waals surface area contributed by atoms with Gasteiger partial charge in [0, 0.05) is 47.0 Å². The summed E-state index contributed by atoms with van der Waals surface area (Å²) < 4.78 is 5.15. The first-order chi connectivity index (χ1) is 14.5. The maximum Gasteiger partial charge on any atom is 0.340 e. The highest BCUT2D eigenvalue weighted by atomic mass is 16.6. The van der Waals surface area contributed by atoms with Crippen molar-refractivity contribution in [1.29, 1.82) is 0 Å². The van der Waals surface area contributed by atoms with Crippen molar-refractivity contribution < 1.29 is 24.4 Å². The number of fused-ring (bicyclic) bond motifs is 1. The van der Waals surface area contributed by atoms with Gasteiger partial charge in [-0.1, -0.05) is 25.1 Å². The Morgan fingerprint density at radius 1 is 1.23 bits per heavy atom. The number of nitrogens with zero attached hydrogens (tertiary/aromatic N) is 1. The first-order valence-electron chi connectivity index (χ1n) is 9.38. The molecule has 0 atom stereocenters. The van der Waals surface area contributed by atoms with Crippen molar-refractivity contribution >= 4 is 34.0 Å². The molecule has 0 radical (unpaired) electrons. The number of ether oxygens (including phenoxy) is 1. The number of ketones is 1. The minimum absolute atomic E-state index is 0.0855. The number of H-pyrrole nitrogens is 1. The quantitative estimate of drug-likeness (QED) is 0.213. The third kappa shape index (κ3) is 4.31. The van der Waals surface area contributed by atoms with Crippen LogP contribution >= 0.6 is 0 Å². The number of aliphatic hydroxyl groups excluding tert-OH is 1. The predicted molar refractivity (Wildman–Crippen MR) is 111 cm³/mol. The van der Waals surface area contributed by atoms with E-state index in [1.165, 1.54) is 12.1 Å². The summed E-state index contributed by atoms with van der Waals surface area (Å²) in [5, 5.41) is 23.6. The lowest BCUT2D eigenvalue weighted by Gasteiger charge is -2.11. The molecule has 0 amide bonds. The normalized spacial score (nSPS) is 10.7. The fraction of sp³-hybridized carbons (Fsp3) is 0.238. The van der Waals surface area contributed by atoms with Crippen LogP contribution in [0.1, 0.15) is 33.2 Å². The zero-order valence-corrected chi connectivity index (χ0v) is 16.3. The van der Waals surface area contributed by atoms with Gasteiger partial charge in [-0.25, -0.2) is 4.79 Å². The molecule has 3 aromatic rings. The van der Waals surface area contributed by atoms with Crippen molar-refractivity contribution in [1.82, 2.24) is 4.98 Å². The van der Waals surface area contributed by atoms with Crippen molar-refractivity contribution in [2.24, 2.45) is 0 Å². The van der Waals surface area contributed by atoms with Gasteiger partial charge in [0.2, 0.25) is 5.78 Å². The fourth-order valence-electron chi connectivity index (χ4n) is 3.19. The number of aromatic nitrogens is 1. The van der Waals surface area contributed by atoms with E-state index >= 15 is 0 Å². The number of aliphatic hydroxyl groups is 1. The summed E-state index contributed by atoms with van der Waals surface area (Å²) in [6.45, 7) is 1.46. The first-order valence-corrected chi connectivity index (χ1v) is 9.38. The molecule has 30 heavy (non-hydrogen) atoms. The molecule has 3 rings (SSSR count). The van der Waals surface area contributed by atoms with Crippen LogP contribution in [0.15, 0.2) is 42.6 Å². The molecule has 0 saturated carbocycles. The van der Waals surface area contributed by atoms with E-state index < -0.39 is 23.3 Å². The molecule has 0 unspecified atom stereocenters. The van der Waals surface area contributed by atoms with Gasteiger partial charge in [-0.3, -0.25) is 14.9 Å². The summed E-state index contributed by atoms with van der Waals surface area (Å²) in [5.74, 6) is -1.26. The highest BCUT2D eigenvalue weighted by Gasteiger charge is 2.20. The molecule has 0 aliphatic rings. The number of non-ortho nitro benzene ring substituents is 1. The molecule has 0 fully saturated rings. The average molecular weight is 411 g/mol. The van der Waals surface area contributed by atoms with Crippen LogP contribution in [-0.4, -0.2) is 46.5 Å². The van der Waals surface area contributed by atoms with Gasteiger partial charge in [-0.05, 0) is 18.1 Å². The molecule has 9 heteroatoms. The summed E-state index contributed by atoms with van der Waals surface area (Å²) in [7, 11) is 0. The van der Waals surface area contributed by atoms with E-state index in [1.807, 2.05) is 25.1 Å².